The standard InChI is InChI=1S/C17H14N6O4S/c24-15-9-22(17(25)21-15)6-5-19-16-18-4-3-12(20-16)14-8-10-7-11(23(26)27)1-2-13(10)28-14/h1-4,7-9,24H,5-6H2,(H,21,25)(H,18,19,20). The maximum Gasteiger partial charge on any atom is 0.328 e. The first kappa shape index (κ1) is 17.7. The van der Waals surface area contributed by atoms with E-state index < -0.39 is 10.6 Å². The van der Waals surface area contributed by atoms with Crippen LogP contribution in [0.3, 0.4) is 0 Å². The zero-order chi connectivity index (χ0) is 19.7. The van der Waals surface area contributed by atoms with E-state index >= 15 is 0 Å². The number of fused-ring (bicyclic) bond motifs is 1. The Morgan fingerprint density at radius 2 is 2.18 bits per heavy atom. The van der Waals surface area contributed by atoms with Gasteiger partial charge in [-0.3, -0.25) is 19.7 Å². The summed E-state index contributed by atoms with van der Waals surface area (Å²) in [6.45, 7) is 0.718. The predicted molar refractivity (Wildman–Crippen MR) is 105 cm³/mol. The number of rotatable bonds is 6. The molecule has 0 aliphatic carbocycles. The van der Waals surface area contributed by atoms with Gasteiger partial charge in [-0.1, -0.05) is 0 Å². The van der Waals surface area contributed by atoms with Crippen molar-refractivity contribution in [2.45, 2.75) is 6.54 Å². The molecule has 0 atom stereocenters. The van der Waals surface area contributed by atoms with Crippen molar-refractivity contribution in [2.24, 2.45) is 0 Å². The minimum atomic E-state index is -0.418. The van der Waals surface area contributed by atoms with Crippen LogP contribution in [-0.4, -0.2) is 36.1 Å². The average Bonchev–Trinajstić information content (AvgIpc) is 3.24. The van der Waals surface area contributed by atoms with Gasteiger partial charge in [-0.25, -0.2) is 14.8 Å². The molecule has 4 rings (SSSR count). The first-order chi connectivity index (χ1) is 13.5. The minimum Gasteiger partial charge on any atom is -0.493 e. The van der Waals surface area contributed by atoms with Crippen molar-refractivity contribution in [3.05, 3.63) is 63.3 Å². The Kier molecular flexibility index (Phi) is 4.49. The summed E-state index contributed by atoms with van der Waals surface area (Å²) in [4.78, 5) is 33.8. The largest absolute Gasteiger partial charge is 0.493 e. The maximum atomic E-state index is 11.5. The Bertz CT molecular complexity index is 1230. The van der Waals surface area contributed by atoms with Crippen LogP contribution in [0, 0.1) is 10.1 Å². The zero-order valence-corrected chi connectivity index (χ0v) is 15.1. The molecule has 0 saturated carbocycles. The fourth-order valence-corrected chi connectivity index (χ4v) is 3.74. The van der Waals surface area contributed by atoms with E-state index in [4.69, 9.17) is 0 Å². The molecule has 1 aromatic carbocycles. The van der Waals surface area contributed by atoms with Crippen LogP contribution in [0.25, 0.3) is 20.7 Å². The smallest absolute Gasteiger partial charge is 0.328 e. The van der Waals surface area contributed by atoms with Gasteiger partial charge in [0, 0.05) is 36.1 Å². The number of benzene rings is 1. The highest BCUT2D eigenvalue weighted by Gasteiger charge is 2.11. The summed E-state index contributed by atoms with van der Waals surface area (Å²) in [5, 5.41) is 24.0. The Hall–Kier alpha value is -3.73. The van der Waals surface area contributed by atoms with Gasteiger partial charge in [0.05, 0.1) is 21.7 Å². The van der Waals surface area contributed by atoms with Gasteiger partial charge < -0.3 is 10.4 Å². The van der Waals surface area contributed by atoms with Gasteiger partial charge in [-0.15, -0.1) is 11.3 Å². The van der Waals surface area contributed by atoms with Gasteiger partial charge in [0.2, 0.25) is 11.8 Å². The summed E-state index contributed by atoms with van der Waals surface area (Å²) in [5.41, 5.74) is 0.346. The van der Waals surface area contributed by atoms with E-state index in [1.807, 2.05) is 6.07 Å². The number of imidazole rings is 1. The normalized spacial score (nSPS) is 11.0. The van der Waals surface area contributed by atoms with Crippen LogP contribution in [-0.2, 0) is 6.54 Å². The fourth-order valence-electron chi connectivity index (χ4n) is 2.73. The Labute approximate surface area is 161 Å². The van der Waals surface area contributed by atoms with Crippen LogP contribution in [0.15, 0.2) is 47.5 Å². The summed E-state index contributed by atoms with van der Waals surface area (Å²) in [6, 6.07) is 8.38. The highest BCUT2D eigenvalue weighted by Crippen LogP contribution is 2.34. The number of non-ortho nitro benzene ring substituents is 1. The number of aromatic hydroxyl groups is 1. The van der Waals surface area contributed by atoms with Crippen LogP contribution in [0.1, 0.15) is 0 Å². The van der Waals surface area contributed by atoms with Crippen molar-refractivity contribution in [3.8, 4) is 16.5 Å². The van der Waals surface area contributed by atoms with E-state index in [1.54, 1.807) is 24.4 Å². The molecule has 0 bridgehead atoms. The molecular formula is C17H14N6O4S. The highest BCUT2D eigenvalue weighted by molar-refractivity contribution is 7.22. The monoisotopic (exact) mass is 398 g/mol. The summed E-state index contributed by atoms with van der Waals surface area (Å²) in [5.74, 6) is 0.210. The number of nitro benzene ring substituents is 1. The van der Waals surface area contributed by atoms with Crippen LogP contribution in [0.5, 0.6) is 5.88 Å². The van der Waals surface area contributed by atoms with Gasteiger partial charge in [-0.05, 0) is 23.6 Å². The van der Waals surface area contributed by atoms with Crippen molar-refractivity contribution in [1.82, 2.24) is 19.5 Å². The van der Waals surface area contributed by atoms with Gasteiger partial charge in [0.15, 0.2) is 0 Å². The van der Waals surface area contributed by atoms with Crippen molar-refractivity contribution < 1.29 is 10.0 Å². The molecule has 4 aromatic rings. The van der Waals surface area contributed by atoms with E-state index in [-0.39, 0.29) is 11.6 Å². The highest BCUT2D eigenvalue weighted by atomic mass is 32.1. The third kappa shape index (κ3) is 3.55. The Balaban J connectivity index is 1.51. The van der Waals surface area contributed by atoms with Crippen molar-refractivity contribution in [2.75, 3.05) is 11.9 Å². The van der Waals surface area contributed by atoms with Crippen LogP contribution < -0.4 is 11.0 Å². The van der Waals surface area contributed by atoms with Gasteiger partial charge in [0.1, 0.15) is 0 Å². The summed E-state index contributed by atoms with van der Waals surface area (Å²) in [6.07, 6.45) is 2.93. The lowest BCUT2D eigenvalue weighted by atomic mass is 10.2. The summed E-state index contributed by atoms with van der Waals surface area (Å²) < 4.78 is 2.27. The number of thiophene rings is 1. The van der Waals surface area contributed by atoms with E-state index in [9.17, 15) is 20.0 Å². The number of hydrogen-bond donors (Lipinski definition) is 3. The molecule has 28 heavy (non-hydrogen) atoms. The molecule has 0 radical (unpaired) electrons. The van der Waals surface area contributed by atoms with Crippen LogP contribution in [0.4, 0.5) is 11.6 Å². The zero-order valence-electron chi connectivity index (χ0n) is 14.3. The first-order valence-electron chi connectivity index (χ1n) is 8.23. The molecule has 11 heteroatoms. The average molecular weight is 398 g/mol. The molecule has 142 valence electrons. The summed E-state index contributed by atoms with van der Waals surface area (Å²) >= 11 is 1.49. The molecule has 0 amide bonds. The fraction of sp³-hybridized carbons (Fsp3) is 0.118. The number of nitro groups is 1. The van der Waals surface area contributed by atoms with Crippen molar-refractivity contribution in [1.29, 1.82) is 0 Å². The van der Waals surface area contributed by atoms with E-state index in [2.05, 4.69) is 20.3 Å². The number of aromatic amines is 1. The van der Waals surface area contributed by atoms with E-state index in [1.165, 1.54) is 28.2 Å². The van der Waals surface area contributed by atoms with E-state index in [0.717, 1.165) is 15.0 Å². The minimum absolute atomic E-state index is 0.0490. The second-order valence-electron chi connectivity index (χ2n) is 5.92. The van der Waals surface area contributed by atoms with Gasteiger partial charge >= 0.3 is 5.69 Å². The molecular weight excluding hydrogens is 384 g/mol. The molecule has 3 N–H and O–H groups in total. The topological polar surface area (TPSA) is 139 Å². The molecule has 10 nitrogen and oxygen atoms in total. The molecule has 0 saturated heterocycles. The third-order valence-corrected chi connectivity index (χ3v) is 5.17. The number of nitrogens with one attached hydrogen (secondary N) is 2. The molecule has 3 heterocycles. The summed E-state index contributed by atoms with van der Waals surface area (Å²) in [7, 11) is 0. The SMILES string of the molecule is O=c1[nH]c(O)cn1CCNc1nccc(-c2cc3cc([N+](=O)[O-])ccc3s2)n1. The Morgan fingerprint density at radius 1 is 1.32 bits per heavy atom. The number of aromatic nitrogens is 4. The third-order valence-electron chi connectivity index (χ3n) is 4.03. The lowest BCUT2D eigenvalue weighted by molar-refractivity contribution is -0.384. The first-order valence-corrected chi connectivity index (χ1v) is 9.05. The van der Waals surface area contributed by atoms with Crippen LogP contribution in [0.2, 0.25) is 0 Å². The van der Waals surface area contributed by atoms with Gasteiger partial charge in [0.25, 0.3) is 5.69 Å². The van der Waals surface area contributed by atoms with Crippen LogP contribution >= 0.6 is 11.3 Å². The molecule has 0 aliphatic heterocycles. The Morgan fingerprint density at radius 3 is 2.93 bits per heavy atom. The van der Waals surface area contributed by atoms with Gasteiger partial charge in [-0.2, -0.15) is 0 Å². The number of anilines is 1. The molecule has 3 aromatic heterocycles. The molecule has 0 spiro atoms. The second-order valence-corrected chi connectivity index (χ2v) is 7.00. The van der Waals surface area contributed by atoms with Crippen molar-refractivity contribution in [3.63, 3.8) is 0 Å². The molecule has 0 unspecified atom stereocenters. The van der Waals surface area contributed by atoms with Crippen molar-refractivity contribution >= 4 is 33.1 Å². The molecule has 0 aliphatic rings. The quantitative estimate of drug-likeness (QED) is 0.335. The lowest BCUT2D eigenvalue weighted by Crippen LogP contribution is -2.21. The van der Waals surface area contributed by atoms with E-state index in [0.29, 0.717) is 24.7 Å². The lowest BCUT2D eigenvalue weighted by Gasteiger charge is -2.05. The number of hydrogen-bond acceptors (Lipinski definition) is 8. The maximum absolute atomic E-state index is 11.5. The molecule has 0 fully saturated rings. The second kappa shape index (κ2) is 7.12. The number of nitrogens with zero attached hydrogens (tertiary/aromatic N) is 4. The number of H-pyrrole nitrogens is 1. The predicted octanol–water partition coefficient (Wildman–Crippen LogP) is 2.57.